The predicted octanol–water partition coefficient (Wildman–Crippen LogP) is 2.36. The van der Waals surface area contributed by atoms with Crippen molar-refractivity contribution in [1.82, 2.24) is 24.9 Å². The Hall–Kier alpha value is -2.64. The third-order valence-corrected chi connectivity index (χ3v) is 3.79. The van der Waals surface area contributed by atoms with E-state index in [4.69, 9.17) is 9.47 Å². The van der Waals surface area contributed by atoms with Gasteiger partial charge >= 0.3 is 6.09 Å². The van der Waals surface area contributed by atoms with Gasteiger partial charge in [-0.3, -0.25) is 4.98 Å². The maximum atomic E-state index is 12.1. The molecule has 3 rings (SSSR count). The van der Waals surface area contributed by atoms with Crippen molar-refractivity contribution in [2.24, 2.45) is 0 Å². The molecule has 0 spiro atoms. The third-order valence-electron chi connectivity index (χ3n) is 3.79. The van der Waals surface area contributed by atoms with E-state index in [0.717, 1.165) is 17.8 Å². The van der Waals surface area contributed by atoms with Gasteiger partial charge in [0.2, 0.25) is 0 Å². The van der Waals surface area contributed by atoms with Crippen molar-refractivity contribution in [2.45, 2.75) is 45.8 Å². The Morgan fingerprint density at radius 2 is 2.16 bits per heavy atom. The fraction of sp³-hybridized carbons (Fsp3) is 0.529. The van der Waals surface area contributed by atoms with Gasteiger partial charge in [0.1, 0.15) is 18.0 Å². The van der Waals surface area contributed by atoms with Gasteiger partial charge in [0.25, 0.3) is 0 Å². The number of likely N-dealkylation sites (tertiary alicyclic amines) is 1. The molecule has 8 heteroatoms. The number of hydrogen-bond acceptors (Lipinski definition) is 6. The number of aromatic nitrogens is 4. The normalized spacial score (nSPS) is 17.1. The van der Waals surface area contributed by atoms with Crippen LogP contribution in [0.3, 0.4) is 0 Å². The first-order valence-corrected chi connectivity index (χ1v) is 8.28. The summed E-state index contributed by atoms with van der Waals surface area (Å²) in [5.41, 5.74) is 1.11. The van der Waals surface area contributed by atoms with Gasteiger partial charge in [-0.1, -0.05) is 5.21 Å². The van der Waals surface area contributed by atoms with Crippen LogP contribution in [0.2, 0.25) is 0 Å². The van der Waals surface area contributed by atoms with Crippen LogP contribution in [0, 0.1) is 6.92 Å². The first-order chi connectivity index (χ1) is 11.8. The minimum absolute atomic E-state index is 0.0205. The van der Waals surface area contributed by atoms with Crippen LogP contribution in [0.1, 0.15) is 32.9 Å². The average molecular weight is 345 g/mol. The van der Waals surface area contributed by atoms with Crippen molar-refractivity contribution in [3.05, 3.63) is 30.4 Å². The zero-order valence-electron chi connectivity index (χ0n) is 15.0. The summed E-state index contributed by atoms with van der Waals surface area (Å²) >= 11 is 0. The number of hydrogen-bond donors (Lipinski definition) is 0. The van der Waals surface area contributed by atoms with E-state index in [1.54, 1.807) is 22.0 Å². The molecule has 0 aliphatic carbocycles. The Morgan fingerprint density at radius 1 is 1.36 bits per heavy atom. The molecule has 1 amide bonds. The van der Waals surface area contributed by atoms with Gasteiger partial charge in [0.15, 0.2) is 0 Å². The maximum absolute atomic E-state index is 12.1. The molecule has 134 valence electrons. The number of nitrogens with zero attached hydrogens (tertiary/aromatic N) is 5. The highest BCUT2D eigenvalue weighted by Crippen LogP contribution is 2.23. The van der Waals surface area contributed by atoms with E-state index in [0.29, 0.717) is 18.9 Å². The van der Waals surface area contributed by atoms with Crippen molar-refractivity contribution in [3.8, 4) is 11.4 Å². The molecular weight excluding hydrogens is 322 g/mol. The van der Waals surface area contributed by atoms with Crippen molar-refractivity contribution in [3.63, 3.8) is 0 Å². The van der Waals surface area contributed by atoms with Gasteiger partial charge in [-0.15, -0.1) is 5.10 Å². The standard InChI is InChI=1S/C17H23N5O3/c1-12-10-22(20-19-12)14-7-15(9-18-8-14)24-11-13-5-6-21(13)16(23)25-17(2,3)4/h7-10,13H,5-6,11H2,1-4H3/t13-/m0/s1. The third kappa shape index (κ3) is 4.26. The molecule has 0 saturated carbocycles. The largest absolute Gasteiger partial charge is 0.490 e. The average Bonchev–Trinajstić information content (AvgIpc) is 2.91. The van der Waals surface area contributed by atoms with Crippen LogP contribution in [0.25, 0.3) is 5.69 Å². The van der Waals surface area contributed by atoms with Crippen molar-refractivity contribution < 1.29 is 14.3 Å². The number of aryl methyl sites for hydroxylation is 1. The second kappa shape index (κ2) is 6.70. The molecule has 25 heavy (non-hydrogen) atoms. The smallest absolute Gasteiger partial charge is 0.410 e. The summed E-state index contributed by atoms with van der Waals surface area (Å²) in [7, 11) is 0. The number of amides is 1. The Kier molecular flexibility index (Phi) is 4.61. The minimum Gasteiger partial charge on any atom is -0.490 e. The SMILES string of the molecule is Cc1cn(-c2cncc(OC[C@@H]3CCN3C(=O)OC(C)(C)C)c2)nn1. The van der Waals surface area contributed by atoms with Gasteiger partial charge in [0, 0.05) is 12.6 Å². The highest BCUT2D eigenvalue weighted by Gasteiger charge is 2.35. The summed E-state index contributed by atoms with van der Waals surface area (Å²) in [6.07, 6.45) is 5.75. The fourth-order valence-corrected chi connectivity index (χ4v) is 2.45. The summed E-state index contributed by atoms with van der Waals surface area (Å²) in [6.45, 7) is 8.55. The van der Waals surface area contributed by atoms with Crippen molar-refractivity contribution in [2.75, 3.05) is 13.2 Å². The van der Waals surface area contributed by atoms with Crippen LogP contribution in [0.5, 0.6) is 5.75 Å². The summed E-state index contributed by atoms with van der Waals surface area (Å²) in [6, 6.07) is 1.87. The molecule has 2 aromatic heterocycles. The molecule has 0 unspecified atom stereocenters. The Labute approximate surface area is 146 Å². The molecule has 3 heterocycles. The van der Waals surface area contributed by atoms with Crippen LogP contribution in [0.15, 0.2) is 24.7 Å². The molecular formula is C17H23N5O3. The fourth-order valence-electron chi connectivity index (χ4n) is 2.45. The van der Waals surface area contributed by atoms with E-state index in [9.17, 15) is 4.79 Å². The first kappa shape index (κ1) is 17.2. The second-order valence-corrected chi connectivity index (χ2v) is 7.11. The number of carbonyl (C=O) groups excluding carboxylic acids is 1. The summed E-state index contributed by atoms with van der Waals surface area (Å²) in [5, 5.41) is 7.98. The van der Waals surface area contributed by atoms with Crippen LogP contribution in [0.4, 0.5) is 4.79 Å². The summed E-state index contributed by atoms with van der Waals surface area (Å²) in [4.78, 5) is 18.0. The van der Waals surface area contributed by atoms with E-state index < -0.39 is 5.60 Å². The highest BCUT2D eigenvalue weighted by atomic mass is 16.6. The van der Waals surface area contributed by atoms with Gasteiger partial charge < -0.3 is 14.4 Å². The number of pyridine rings is 1. The van der Waals surface area contributed by atoms with Gasteiger partial charge in [-0.2, -0.15) is 0 Å². The molecule has 1 aliphatic heterocycles. The lowest BCUT2D eigenvalue weighted by atomic mass is 10.1. The first-order valence-electron chi connectivity index (χ1n) is 8.28. The van der Waals surface area contributed by atoms with E-state index in [1.807, 2.05) is 40.0 Å². The zero-order chi connectivity index (χ0) is 18.0. The molecule has 1 aliphatic rings. The van der Waals surface area contributed by atoms with E-state index in [-0.39, 0.29) is 12.1 Å². The monoisotopic (exact) mass is 345 g/mol. The van der Waals surface area contributed by atoms with Crippen LogP contribution < -0.4 is 4.74 Å². The molecule has 0 bridgehead atoms. The van der Waals surface area contributed by atoms with Gasteiger partial charge in [-0.25, -0.2) is 9.48 Å². The Bertz CT molecular complexity index is 753. The highest BCUT2D eigenvalue weighted by molar-refractivity contribution is 5.69. The summed E-state index contributed by atoms with van der Waals surface area (Å²) < 4.78 is 12.9. The van der Waals surface area contributed by atoms with Crippen LogP contribution in [-0.4, -0.2) is 55.8 Å². The van der Waals surface area contributed by atoms with Crippen LogP contribution in [-0.2, 0) is 4.74 Å². The topological polar surface area (TPSA) is 82.4 Å². The Balaban J connectivity index is 1.58. The van der Waals surface area contributed by atoms with Crippen molar-refractivity contribution in [1.29, 1.82) is 0 Å². The number of ether oxygens (including phenoxy) is 2. The summed E-state index contributed by atoms with van der Waals surface area (Å²) in [5.74, 6) is 0.627. The van der Waals surface area contributed by atoms with Gasteiger partial charge in [0.05, 0.1) is 36.0 Å². The van der Waals surface area contributed by atoms with Gasteiger partial charge in [-0.05, 0) is 34.1 Å². The molecule has 0 N–H and O–H groups in total. The number of rotatable bonds is 4. The lowest BCUT2D eigenvalue weighted by Crippen LogP contribution is -2.55. The molecule has 1 atom stereocenters. The molecule has 1 saturated heterocycles. The minimum atomic E-state index is -0.494. The maximum Gasteiger partial charge on any atom is 0.410 e. The van der Waals surface area contributed by atoms with E-state index in [1.165, 1.54) is 0 Å². The van der Waals surface area contributed by atoms with Crippen molar-refractivity contribution >= 4 is 6.09 Å². The lowest BCUT2D eigenvalue weighted by Gasteiger charge is -2.40. The van der Waals surface area contributed by atoms with Crippen LogP contribution >= 0.6 is 0 Å². The molecule has 1 fully saturated rings. The predicted molar refractivity (Wildman–Crippen MR) is 90.7 cm³/mol. The lowest BCUT2D eigenvalue weighted by molar-refractivity contribution is -0.0141. The molecule has 2 aromatic rings. The van der Waals surface area contributed by atoms with E-state index >= 15 is 0 Å². The Morgan fingerprint density at radius 3 is 2.76 bits per heavy atom. The quantitative estimate of drug-likeness (QED) is 0.846. The zero-order valence-corrected chi connectivity index (χ0v) is 15.0. The molecule has 0 aromatic carbocycles. The number of carbonyl (C=O) groups is 1. The molecule has 0 radical (unpaired) electrons. The second-order valence-electron chi connectivity index (χ2n) is 7.11. The molecule has 8 nitrogen and oxygen atoms in total. The van der Waals surface area contributed by atoms with E-state index in [2.05, 4.69) is 15.3 Å².